The molecule has 0 bridgehead atoms. The van der Waals surface area contributed by atoms with Gasteiger partial charge in [-0.1, -0.05) is 0 Å². The summed E-state index contributed by atoms with van der Waals surface area (Å²) in [5, 5.41) is 9.98. The summed E-state index contributed by atoms with van der Waals surface area (Å²) in [6, 6.07) is 3.78. The van der Waals surface area contributed by atoms with E-state index in [0.717, 1.165) is 17.2 Å². The van der Waals surface area contributed by atoms with E-state index in [1.165, 1.54) is 6.92 Å². The summed E-state index contributed by atoms with van der Waals surface area (Å²) in [6.07, 6.45) is 2.63. The second-order valence-electron chi connectivity index (χ2n) is 3.72. The Kier molecular flexibility index (Phi) is 2.29. The molecule has 1 saturated carbocycles. The van der Waals surface area contributed by atoms with Gasteiger partial charge in [0.25, 0.3) is 0 Å². The first-order chi connectivity index (χ1) is 6.68. The summed E-state index contributed by atoms with van der Waals surface area (Å²) in [5.74, 6) is 1.36. The third-order valence-electron chi connectivity index (χ3n) is 2.60. The van der Waals surface area contributed by atoms with Gasteiger partial charge in [0.15, 0.2) is 0 Å². The minimum Gasteiger partial charge on any atom is -0.469 e. The second kappa shape index (κ2) is 3.46. The van der Waals surface area contributed by atoms with Crippen LogP contribution in [0.3, 0.4) is 0 Å². The predicted molar refractivity (Wildman–Crippen MR) is 48.7 cm³/mol. The van der Waals surface area contributed by atoms with E-state index in [1.54, 1.807) is 6.26 Å². The molecular formula is C10H13NO3. The molecule has 0 radical (unpaired) electrons. The van der Waals surface area contributed by atoms with Crippen LogP contribution in [0.25, 0.3) is 0 Å². The highest BCUT2D eigenvalue weighted by molar-refractivity contribution is 5.71. The summed E-state index contributed by atoms with van der Waals surface area (Å²) < 4.78 is 5.24. The summed E-state index contributed by atoms with van der Waals surface area (Å²) in [4.78, 5) is 10.8. The zero-order chi connectivity index (χ0) is 10.1. The molecule has 4 heteroatoms. The maximum absolute atomic E-state index is 10.8. The average molecular weight is 195 g/mol. The highest BCUT2D eigenvalue weighted by atomic mass is 16.5. The Morgan fingerprint density at radius 1 is 1.79 bits per heavy atom. The Morgan fingerprint density at radius 3 is 3.14 bits per heavy atom. The van der Waals surface area contributed by atoms with Gasteiger partial charge in [-0.05, 0) is 24.5 Å². The van der Waals surface area contributed by atoms with Crippen molar-refractivity contribution in [2.45, 2.75) is 19.3 Å². The average Bonchev–Trinajstić information content (AvgIpc) is 2.70. The first-order valence-electron chi connectivity index (χ1n) is 4.69. The van der Waals surface area contributed by atoms with Crippen molar-refractivity contribution in [1.82, 2.24) is 5.06 Å². The molecule has 1 fully saturated rings. The van der Waals surface area contributed by atoms with Crippen molar-refractivity contribution < 1.29 is 14.4 Å². The molecule has 1 N–H and O–H groups in total. The Morgan fingerprint density at radius 2 is 2.57 bits per heavy atom. The van der Waals surface area contributed by atoms with Gasteiger partial charge < -0.3 is 4.42 Å². The van der Waals surface area contributed by atoms with Crippen LogP contribution in [0.5, 0.6) is 0 Å². The normalized spacial score (nSPS) is 24.7. The molecule has 1 aromatic rings. The minimum atomic E-state index is -0.310. The van der Waals surface area contributed by atoms with Crippen LogP contribution in [0.2, 0.25) is 0 Å². The molecule has 0 spiro atoms. The first-order valence-corrected chi connectivity index (χ1v) is 4.69. The molecule has 0 aliphatic heterocycles. The lowest BCUT2D eigenvalue weighted by atomic mass is 10.2. The zero-order valence-corrected chi connectivity index (χ0v) is 8.01. The lowest BCUT2D eigenvalue weighted by molar-refractivity contribution is -0.163. The fourth-order valence-corrected chi connectivity index (χ4v) is 1.65. The van der Waals surface area contributed by atoms with Crippen molar-refractivity contribution in [3.63, 3.8) is 0 Å². The molecule has 1 aromatic heterocycles. The van der Waals surface area contributed by atoms with Crippen molar-refractivity contribution in [3.8, 4) is 0 Å². The van der Waals surface area contributed by atoms with Crippen molar-refractivity contribution >= 4 is 5.91 Å². The maximum atomic E-state index is 10.8. The number of nitrogens with zero attached hydrogens (tertiary/aromatic N) is 1. The van der Waals surface area contributed by atoms with E-state index < -0.39 is 0 Å². The smallest absolute Gasteiger partial charge is 0.242 e. The number of carbonyl (C=O) groups excluding carboxylic acids is 1. The summed E-state index contributed by atoms with van der Waals surface area (Å²) >= 11 is 0. The molecule has 76 valence electrons. The molecule has 0 aromatic carbocycles. The number of rotatable bonds is 3. The van der Waals surface area contributed by atoms with Crippen molar-refractivity contribution in [1.29, 1.82) is 0 Å². The lowest BCUT2D eigenvalue weighted by Gasteiger charge is -2.11. The van der Waals surface area contributed by atoms with Gasteiger partial charge in [0.05, 0.1) is 12.8 Å². The summed E-state index contributed by atoms with van der Waals surface area (Å²) in [5.41, 5.74) is 0. The van der Waals surface area contributed by atoms with E-state index >= 15 is 0 Å². The lowest BCUT2D eigenvalue weighted by Crippen LogP contribution is -2.27. The fraction of sp³-hybridized carbons (Fsp3) is 0.500. The topological polar surface area (TPSA) is 53.7 Å². The number of hydrogen-bond acceptors (Lipinski definition) is 3. The third kappa shape index (κ3) is 1.80. The maximum Gasteiger partial charge on any atom is 0.242 e. The van der Waals surface area contributed by atoms with E-state index in [0.29, 0.717) is 18.4 Å². The molecule has 0 saturated heterocycles. The number of hydrogen-bond donors (Lipinski definition) is 1. The number of amides is 1. The molecule has 2 rings (SSSR count). The Labute approximate surface area is 82.1 Å². The Bertz CT molecular complexity index is 320. The van der Waals surface area contributed by atoms with E-state index in [2.05, 4.69) is 0 Å². The standard InChI is InChI=1S/C10H13NO3/c1-7(12)11(13)6-8-5-9(8)10-3-2-4-14-10/h2-4,8-9,13H,5-6H2,1H3/t8-,9+/m0/s1. The molecule has 1 heterocycles. The van der Waals surface area contributed by atoms with Crippen LogP contribution < -0.4 is 0 Å². The second-order valence-corrected chi connectivity index (χ2v) is 3.72. The van der Waals surface area contributed by atoms with Gasteiger partial charge in [-0.3, -0.25) is 10.0 Å². The fourth-order valence-electron chi connectivity index (χ4n) is 1.65. The van der Waals surface area contributed by atoms with Crippen LogP contribution in [0.1, 0.15) is 25.0 Å². The largest absolute Gasteiger partial charge is 0.469 e. The van der Waals surface area contributed by atoms with Crippen LogP contribution in [-0.4, -0.2) is 22.7 Å². The van der Waals surface area contributed by atoms with Gasteiger partial charge in [0.2, 0.25) is 5.91 Å². The highest BCUT2D eigenvalue weighted by Gasteiger charge is 2.41. The van der Waals surface area contributed by atoms with Gasteiger partial charge in [-0.2, -0.15) is 0 Å². The number of hydroxylamine groups is 2. The van der Waals surface area contributed by atoms with Gasteiger partial charge >= 0.3 is 0 Å². The van der Waals surface area contributed by atoms with Crippen molar-refractivity contribution in [3.05, 3.63) is 24.2 Å². The van der Waals surface area contributed by atoms with Crippen LogP contribution in [0, 0.1) is 5.92 Å². The molecule has 14 heavy (non-hydrogen) atoms. The SMILES string of the molecule is CC(=O)N(O)C[C@@H]1C[C@H]1c1ccco1. The van der Waals surface area contributed by atoms with Gasteiger partial charge in [-0.15, -0.1) is 0 Å². The van der Waals surface area contributed by atoms with Gasteiger partial charge in [-0.25, -0.2) is 5.06 Å². The van der Waals surface area contributed by atoms with E-state index in [9.17, 15) is 10.0 Å². The van der Waals surface area contributed by atoms with Crippen LogP contribution in [0.15, 0.2) is 22.8 Å². The first kappa shape index (κ1) is 9.27. The quantitative estimate of drug-likeness (QED) is 0.589. The minimum absolute atomic E-state index is 0.310. The third-order valence-corrected chi connectivity index (χ3v) is 2.60. The Hall–Kier alpha value is -1.29. The number of furan rings is 1. The predicted octanol–water partition coefficient (Wildman–Crippen LogP) is 1.62. The molecule has 1 amide bonds. The van der Waals surface area contributed by atoms with Crippen molar-refractivity contribution in [2.24, 2.45) is 5.92 Å². The molecule has 4 nitrogen and oxygen atoms in total. The molecule has 1 aliphatic rings. The van der Waals surface area contributed by atoms with Crippen LogP contribution in [0.4, 0.5) is 0 Å². The summed E-state index contributed by atoms with van der Waals surface area (Å²) in [7, 11) is 0. The van der Waals surface area contributed by atoms with Gasteiger partial charge in [0.1, 0.15) is 5.76 Å². The molecule has 1 aliphatic carbocycles. The van der Waals surface area contributed by atoms with Gasteiger partial charge in [0, 0.05) is 12.8 Å². The van der Waals surface area contributed by atoms with Crippen LogP contribution >= 0.6 is 0 Å². The van der Waals surface area contributed by atoms with Crippen molar-refractivity contribution in [2.75, 3.05) is 6.54 Å². The van der Waals surface area contributed by atoms with E-state index in [1.807, 2.05) is 12.1 Å². The molecule has 0 unspecified atom stereocenters. The highest BCUT2D eigenvalue weighted by Crippen LogP contribution is 2.47. The van der Waals surface area contributed by atoms with Crippen LogP contribution in [-0.2, 0) is 4.79 Å². The zero-order valence-electron chi connectivity index (χ0n) is 8.01. The Balaban J connectivity index is 1.85. The van der Waals surface area contributed by atoms with E-state index in [-0.39, 0.29) is 5.91 Å². The van der Waals surface area contributed by atoms with E-state index in [4.69, 9.17) is 4.42 Å². The number of carbonyl (C=O) groups is 1. The molecule has 2 atom stereocenters. The monoisotopic (exact) mass is 195 g/mol. The summed E-state index contributed by atoms with van der Waals surface area (Å²) in [6.45, 7) is 1.75. The molecular weight excluding hydrogens is 182 g/mol.